The predicted molar refractivity (Wildman–Crippen MR) is 130 cm³/mol. The minimum absolute atomic E-state index is 0.0823. The third-order valence-corrected chi connectivity index (χ3v) is 5.95. The highest BCUT2D eigenvalue weighted by Gasteiger charge is 2.29. The molecule has 0 atom stereocenters. The van der Waals surface area contributed by atoms with Crippen molar-refractivity contribution in [2.75, 3.05) is 5.75 Å². The Morgan fingerprint density at radius 2 is 1.74 bits per heavy atom. The molecule has 0 bridgehead atoms. The lowest BCUT2D eigenvalue weighted by atomic mass is 10.1. The van der Waals surface area contributed by atoms with E-state index in [1.165, 1.54) is 22.9 Å². The van der Waals surface area contributed by atoms with E-state index >= 15 is 0 Å². The highest BCUT2D eigenvalue weighted by atomic mass is 32.2. The minimum atomic E-state index is -4.42. The van der Waals surface area contributed by atoms with Gasteiger partial charge in [-0.1, -0.05) is 53.7 Å². The monoisotopic (exact) mass is 496 g/mol. The number of aryl methyl sites for hydroxylation is 1. The molecule has 0 saturated heterocycles. The second kappa shape index (κ2) is 10.1. The third-order valence-electron chi connectivity index (χ3n) is 5.01. The number of hydrogen-bond donors (Lipinski definition) is 1. The van der Waals surface area contributed by atoms with Crippen molar-refractivity contribution in [2.45, 2.75) is 18.3 Å². The SMILES string of the molecule is Cc1ccc(-n2c(SCC(=O)NN=Cc3ccc(C(F)(F)F)cc3)nc3ccccc3c2=O)cc1. The first-order valence-corrected chi connectivity index (χ1v) is 11.4. The van der Waals surface area contributed by atoms with Gasteiger partial charge in [0.25, 0.3) is 11.5 Å². The minimum Gasteiger partial charge on any atom is -0.272 e. The van der Waals surface area contributed by atoms with Crippen molar-refractivity contribution in [1.29, 1.82) is 0 Å². The first-order valence-electron chi connectivity index (χ1n) is 10.4. The summed E-state index contributed by atoms with van der Waals surface area (Å²) < 4.78 is 39.4. The third kappa shape index (κ3) is 5.78. The number of nitrogens with one attached hydrogen (secondary N) is 1. The van der Waals surface area contributed by atoms with Gasteiger partial charge in [-0.05, 0) is 48.9 Å². The summed E-state index contributed by atoms with van der Waals surface area (Å²) in [6.07, 6.45) is -3.17. The Morgan fingerprint density at radius 1 is 1.06 bits per heavy atom. The van der Waals surface area contributed by atoms with Crippen LogP contribution in [-0.2, 0) is 11.0 Å². The summed E-state index contributed by atoms with van der Waals surface area (Å²) in [5.74, 6) is -0.544. The van der Waals surface area contributed by atoms with E-state index in [9.17, 15) is 22.8 Å². The lowest BCUT2D eigenvalue weighted by Crippen LogP contribution is -2.24. The summed E-state index contributed by atoms with van der Waals surface area (Å²) in [5, 5.41) is 4.60. The molecule has 1 aromatic heterocycles. The van der Waals surface area contributed by atoms with Crippen LogP contribution in [0.4, 0.5) is 13.2 Å². The number of carbonyl (C=O) groups is 1. The van der Waals surface area contributed by atoms with Crippen molar-refractivity contribution in [3.8, 4) is 5.69 Å². The molecule has 10 heteroatoms. The van der Waals surface area contributed by atoms with Crippen LogP contribution in [-0.4, -0.2) is 27.4 Å². The van der Waals surface area contributed by atoms with Crippen LogP contribution in [0.15, 0.2) is 87.8 Å². The van der Waals surface area contributed by atoms with Gasteiger partial charge in [-0.15, -0.1) is 0 Å². The summed E-state index contributed by atoms with van der Waals surface area (Å²) in [7, 11) is 0. The zero-order valence-electron chi connectivity index (χ0n) is 18.4. The molecule has 0 spiro atoms. The molecule has 4 rings (SSSR count). The average Bonchev–Trinajstić information content (AvgIpc) is 2.83. The Morgan fingerprint density at radius 3 is 2.43 bits per heavy atom. The molecule has 4 aromatic rings. The number of para-hydroxylation sites is 1. The second-order valence-electron chi connectivity index (χ2n) is 7.59. The topological polar surface area (TPSA) is 76.3 Å². The lowest BCUT2D eigenvalue weighted by Gasteiger charge is -2.13. The van der Waals surface area contributed by atoms with Gasteiger partial charge in [0.15, 0.2) is 5.16 Å². The fraction of sp³-hybridized carbons (Fsp3) is 0.120. The Labute approximate surface area is 202 Å². The van der Waals surface area contributed by atoms with Gasteiger partial charge < -0.3 is 0 Å². The largest absolute Gasteiger partial charge is 0.416 e. The van der Waals surface area contributed by atoms with Crippen molar-refractivity contribution in [3.05, 3.63) is 99.8 Å². The molecule has 1 amide bonds. The number of benzene rings is 3. The van der Waals surface area contributed by atoms with Crippen LogP contribution in [0, 0.1) is 6.92 Å². The Kier molecular flexibility index (Phi) is 7.02. The van der Waals surface area contributed by atoms with Crippen molar-refractivity contribution in [1.82, 2.24) is 15.0 Å². The molecule has 35 heavy (non-hydrogen) atoms. The highest BCUT2D eigenvalue weighted by molar-refractivity contribution is 7.99. The molecule has 0 aliphatic rings. The maximum absolute atomic E-state index is 13.2. The molecule has 1 N–H and O–H groups in total. The number of alkyl halides is 3. The normalized spacial score (nSPS) is 11.8. The molecule has 0 aliphatic heterocycles. The number of rotatable bonds is 6. The summed E-state index contributed by atoms with van der Waals surface area (Å²) in [5.41, 5.74) is 3.90. The zero-order valence-corrected chi connectivity index (χ0v) is 19.2. The van der Waals surface area contributed by atoms with E-state index in [1.54, 1.807) is 24.3 Å². The predicted octanol–water partition coefficient (Wildman–Crippen LogP) is 4.96. The molecule has 0 radical (unpaired) electrons. The van der Waals surface area contributed by atoms with E-state index < -0.39 is 17.6 Å². The number of halogens is 3. The van der Waals surface area contributed by atoms with Gasteiger partial charge in [-0.3, -0.25) is 14.2 Å². The molecule has 178 valence electrons. The number of nitrogens with zero attached hydrogens (tertiary/aromatic N) is 3. The quantitative estimate of drug-likeness (QED) is 0.177. The van der Waals surface area contributed by atoms with Crippen molar-refractivity contribution >= 4 is 34.8 Å². The number of aromatic nitrogens is 2. The number of hydrogen-bond acceptors (Lipinski definition) is 5. The van der Waals surface area contributed by atoms with Crippen LogP contribution < -0.4 is 11.0 Å². The number of hydrazone groups is 1. The van der Waals surface area contributed by atoms with Crippen molar-refractivity contribution < 1.29 is 18.0 Å². The van der Waals surface area contributed by atoms with Gasteiger partial charge in [0.05, 0.1) is 34.1 Å². The average molecular weight is 497 g/mol. The van der Waals surface area contributed by atoms with E-state index in [0.29, 0.717) is 27.3 Å². The van der Waals surface area contributed by atoms with Crippen LogP contribution >= 0.6 is 11.8 Å². The zero-order chi connectivity index (χ0) is 25.0. The van der Waals surface area contributed by atoms with Gasteiger partial charge >= 0.3 is 6.18 Å². The fourth-order valence-corrected chi connectivity index (χ4v) is 4.04. The molecule has 6 nitrogen and oxygen atoms in total. The van der Waals surface area contributed by atoms with E-state index in [2.05, 4.69) is 15.5 Å². The van der Waals surface area contributed by atoms with E-state index in [1.807, 2.05) is 31.2 Å². The molecule has 0 unspecified atom stereocenters. The first kappa shape index (κ1) is 24.2. The maximum atomic E-state index is 13.2. The standard InChI is InChI=1S/C25H19F3N4O2S/c1-16-6-12-19(13-7-16)32-23(34)20-4-2-3-5-21(20)30-24(32)35-15-22(33)31-29-14-17-8-10-18(11-9-17)25(26,27)28/h2-14H,15H2,1H3,(H,31,33). The van der Waals surface area contributed by atoms with Gasteiger partial charge in [0, 0.05) is 0 Å². The van der Waals surface area contributed by atoms with Crippen LogP contribution in [0.3, 0.4) is 0 Å². The maximum Gasteiger partial charge on any atom is 0.416 e. The Hall–Kier alpha value is -3.92. The molecular formula is C25H19F3N4O2S. The van der Waals surface area contributed by atoms with Crippen LogP contribution in [0.25, 0.3) is 16.6 Å². The number of fused-ring (bicyclic) bond motifs is 1. The van der Waals surface area contributed by atoms with Gasteiger partial charge in [-0.25, -0.2) is 10.4 Å². The Bertz CT molecular complexity index is 1450. The van der Waals surface area contributed by atoms with E-state index in [0.717, 1.165) is 29.5 Å². The number of thioether (sulfide) groups is 1. The first-order chi connectivity index (χ1) is 16.7. The summed E-state index contributed by atoms with van der Waals surface area (Å²) in [4.78, 5) is 30.1. The molecule has 0 fully saturated rings. The summed E-state index contributed by atoms with van der Waals surface area (Å²) in [6, 6.07) is 18.8. The molecule has 1 heterocycles. The smallest absolute Gasteiger partial charge is 0.272 e. The van der Waals surface area contributed by atoms with Crippen LogP contribution in [0.1, 0.15) is 16.7 Å². The summed E-state index contributed by atoms with van der Waals surface area (Å²) in [6.45, 7) is 1.94. The second-order valence-corrected chi connectivity index (χ2v) is 8.53. The molecule has 0 saturated carbocycles. The van der Waals surface area contributed by atoms with Crippen molar-refractivity contribution in [2.24, 2.45) is 5.10 Å². The van der Waals surface area contributed by atoms with Gasteiger partial charge in [0.1, 0.15) is 0 Å². The van der Waals surface area contributed by atoms with E-state index in [4.69, 9.17) is 0 Å². The van der Waals surface area contributed by atoms with Crippen LogP contribution in [0.2, 0.25) is 0 Å². The Balaban J connectivity index is 1.50. The van der Waals surface area contributed by atoms with Gasteiger partial charge in [-0.2, -0.15) is 18.3 Å². The number of amides is 1. The molecular weight excluding hydrogens is 477 g/mol. The van der Waals surface area contributed by atoms with E-state index in [-0.39, 0.29) is 11.3 Å². The summed E-state index contributed by atoms with van der Waals surface area (Å²) >= 11 is 1.08. The van der Waals surface area contributed by atoms with Crippen LogP contribution in [0.5, 0.6) is 0 Å². The molecule has 3 aromatic carbocycles. The lowest BCUT2D eigenvalue weighted by molar-refractivity contribution is -0.137. The van der Waals surface area contributed by atoms with Gasteiger partial charge in [0.2, 0.25) is 0 Å². The number of carbonyl (C=O) groups excluding carboxylic acids is 1. The van der Waals surface area contributed by atoms with Crippen molar-refractivity contribution in [3.63, 3.8) is 0 Å². The molecule has 0 aliphatic carbocycles. The highest BCUT2D eigenvalue weighted by Crippen LogP contribution is 2.29. The fourth-order valence-electron chi connectivity index (χ4n) is 3.23.